The second-order valence-corrected chi connectivity index (χ2v) is 6.05. The van der Waals surface area contributed by atoms with Gasteiger partial charge in [-0.3, -0.25) is 4.99 Å². The molecule has 2 N–H and O–H groups in total. The van der Waals surface area contributed by atoms with E-state index in [1.165, 1.54) is 5.56 Å². The zero-order valence-electron chi connectivity index (χ0n) is 14.4. The number of ether oxygens (including phenoxy) is 3. The Morgan fingerprint density at radius 2 is 2.00 bits per heavy atom. The molecule has 0 spiro atoms. The topological polar surface area (TPSA) is 64.1 Å². The van der Waals surface area contributed by atoms with Crippen molar-refractivity contribution in [1.82, 2.24) is 10.6 Å². The summed E-state index contributed by atoms with van der Waals surface area (Å²) in [6, 6.07) is 6.06. The summed E-state index contributed by atoms with van der Waals surface area (Å²) in [7, 11) is 3.41. The number of hydrogen-bond acceptors (Lipinski definition) is 4. The van der Waals surface area contributed by atoms with Gasteiger partial charge in [0, 0.05) is 32.7 Å². The van der Waals surface area contributed by atoms with Gasteiger partial charge in [-0.2, -0.15) is 0 Å². The van der Waals surface area contributed by atoms with E-state index in [-0.39, 0.29) is 5.60 Å². The van der Waals surface area contributed by atoms with Crippen molar-refractivity contribution in [3.05, 3.63) is 23.8 Å². The molecule has 1 aromatic rings. The molecule has 0 radical (unpaired) electrons. The van der Waals surface area contributed by atoms with Crippen molar-refractivity contribution in [2.45, 2.75) is 25.9 Å². The summed E-state index contributed by atoms with van der Waals surface area (Å²) in [5.41, 5.74) is 1.05. The highest BCUT2D eigenvalue weighted by Gasteiger charge is 2.32. The normalized spacial score (nSPS) is 15.7. The molecule has 1 aliphatic heterocycles. The van der Waals surface area contributed by atoms with E-state index in [0.717, 1.165) is 23.9 Å². The number of nitrogens with zero attached hydrogens (tertiary/aromatic N) is 1. The predicted molar refractivity (Wildman–Crippen MR) is 91.6 cm³/mol. The van der Waals surface area contributed by atoms with Gasteiger partial charge in [0.05, 0.1) is 13.2 Å². The lowest BCUT2D eigenvalue weighted by atomic mass is 10.0. The van der Waals surface area contributed by atoms with Crippen LogP contribution in [0, 0.1) is 0 Å². The molecule has 1 aromatic carbocycles. The zero-order valence-corrected chi connectivity index (χ0v) is 14.4. The molecular formula is C17H27N3O3. The summed E-state index contributed by atoms with van der Waals surface area (Å²) in [5.74, 6) is 2.42. The van der Waals surface area contributed by atoms with Gasteiger partial charge in [-0.05, 0) is 19.9 Å². The smallest absolute Gasteiger partial charge is 0.191 e. The molecule has 23 heavy (non-hydrogen) atoms. The van der Waals surface area contributed by atoms with Crippen LogP contribution in [-0.2, 0) is 11.2 Å². The molecular weight excluding hydrogens is 294 g/mol. The van der Waals surface area contributed by atoms with Crippen molar-refractivity contribution in [1.29, 1.82) is 0 Å². The van der Waals surface area contributed by atoms with Crippen LogP contribution in [0.15, 0.2) is 23.2 Å². The molecule has 2 rings (SSSR count). The first-order valence-electron chi connectivity index (χ1n) is 7.93. The van der Waals surface area contributed by atoms with E-state index in [9.17, 15) is 0 Å². The highest BCUT2D eigenvalue weighted by Crippen LogP contribution is 2.41. The number of fused-ring (bicyclic) bond motifs is 1. The molecule has 0 amide bonds. The van der Waals surface area contributed by atoms with E-state index in [0.29, 0.717) is 26.3 Å². The maximum atomic E-state index is 5.99. The summed E-state index contributed by atoms with van der Waals surface area (Å²) >= 11 is 0. The lowest BCUT2D eigenvalue weighted by molar-refractivity contribution is 0.132. The number of hydrogen-bond donors (Lipinski definition) is 2. The number of aliphatic imine (C=N–C) groups is 1. The van der Waals surface area contributed by atoms with Crippen molar-refractivity contribution < 1.29 is 14.2 Å². The Morgan fingerprint density at radius 1 is 1.26 bits per heavy atom. The molecule has 0 fully saturated rings. The Kier molecular flexibility index (Phi) is 6.10. The molecule has 0 saturated carbocycles. The van der Waals surface area contributed by atoms with Crippen LogP contribution >= 0.6 is 0 Å². The summed E-state index contributed by atoms with van der Waals surface area (Å²) in [6.45, 7) is 6.72. The maximum absolute atomic E-state index is 5.99. The minimum atomic E-state index is -0.159. The SMILES string of the molecule is CN=C(NCCOC)NCCOc1cccc2c1OC(C)(C)C2. The van der Waals surface area contributed by atoms with E-state index in [4.69, 9.17) is 14.2 Å². The van der Waals surface area contributed by atoms with Crippen molar-refractivity contribution in [3.63, 3.8) is 0 Å². The summed E-state index contributed by atoms with van der Waals surface area (Å²) < 4.78 is 16.9. The van der Waals surface area contributed by atoms with Gasteiger partial charge in [0.2, 0.25) is 0 Å². The molecule has 0 unspecified atom stereocenters. The van der Waals surface area contributed by atoms with Crippen LogP contribution in [0.1, 0.15) is 19.4 Å². The third-order valence-electron chi connectivity index (χ3n) is 3.53. The van der Waals surface area contributed by atoms with Gasteiger partial charge in [0.25, 0.3) is 0 Å². The fourth-order valence-corrected chi connectivity index (χ4v) is 2.52. The highest BCUT2D eigenvalue weighted by molar-refractivity contribution is 5.79. The summed E-state index contributed by atoms with van der Waals surface area (Å²) in [5, 5.41) is 6.36. The molecule has 0 saturated heterocycles. The fraction of sp³-hybridized carbons (Fsp3) is 0.588. The monoisotopic (exact) mass is 321 g/mol. The first-order valence-corrected chi connectivity index (χ1v) is 7.93. The fourth-order valence-electron chi connectivity index (χ4n) is 2.52. The molecule has 128 valence electrons. The van der Waals surface area contributed by atoms with Gasteiger partial charge in [0.15, 0.2) is 17.5 Å². The number of para-hydroxylation sites is 1. The van der Waals surface area contributed by atoms with Crippen molar-refractivity contribution in [3.8, 4) is 11.5 Å². The lowest BCUT2D eigenvalue weighted by Crippen LogP contribution is -2.40. The Morgan fingerprint density at radius 3 is 2.70 bits per heavy atom. The number of rotatable bonds is 7. The number of benzene rings is 1. The van der Waals surface area contributed by atoms with Crippen LogP contribution in [0.5, 0.6) is 11.5 Å². The Balaban J connectivity index is 1.79. The van der Waals surface area contributed by atoms with Crippen molar-refractivity contribution in [2.75, 3.05) is 40.5 Å². The third-order valence-corrected chi connectivity index (χ3v) is 3.53. The zero-order chi connectivity index (χ0) is 16.7. The molecule has 0 atom stereocenters. The maximum Gasteiger partial charge on any atom is 0.191 e. The Labute approximate surface area is 138 Å². The molecule has 1 aliphatic rings. The standard InChI is InChI=1S/C17H27N3O3/c1-17(2)12-13-6-5-7-14(15(13)23-17)22-11-9-20-16(18-3)19-8-10-21-4/h5-7H,8-12H2,1-4H3,(H2,18,19,20). The van der Waals surface area contributed by atoms with Crippen molar-refractivity contribution in [2.24, 2.45) is 4.99 Å². The highest BCUT2D eigenvalue weighted by atomic mass is 16.5. The average Bonchev–Trinajstić information content (AvgIpc) is 2.84. The largest absolute Gasteiger partial charge is 0.488 e. The van der Waals surface area contributed by atoms with E-state index in [1.54, 1.807) is 14.2 Å². The summed E-state index contributed by atoms with van der Waals surface area (Å²) in [4.78, 5) is 4.14. The second-order valence-electron chi connectivity index (χ2n) is 6.05. The van der Waals surface area contributed by atoms with Crippen LogP contribution in [0.4, 0.5) is 0 Å². The molecule has 0 bridgehead atoms. The van der Waals surface area contributed by atoms with Gasteiger partial charge in [-0.1, -0.05) is 12.1 Å². The van der Waals surface area contributed by atoms with E-state index < -0.39 is 0 Å². The number of methoxy groups -OCH3 is 1. The van der Waals surface area contributed by atoms with Gasteiger partial charge in [-0.15, -0.1) is 0 Å². The number of guanidine groups is 1. The van der Waals surface area contributed by atoms with E-state index in [2.05, 4.69) is 35.5 Å². The van der Waals surface area contributed by atoms with Gasteiger partial charge < -0.3 is 24.8 Å². The average molecular weight is 321 g/mol. The van der Waals surface area contributed by atoms with E-state index in [1.807, 2.05) is 12.1 Å². The molecule has 6 heteroatoms. The van der Waals surface area contributed by atoms with Gasteiger partial charge in [-0.25, -0.2) is 0 Å². The van der Waals surface area contributed by atoms with Crippen LogP contribution in [-0.4, -0.2) is 52.0 Å². The molecule has 1 heterocycles. The van der Waals surface area contributed by atoms with Crippen LogP contribution in [0.2, 0.25) is 0 Å². The first-order chi connectivity index (χ1) is 11.1. The lowest BCUT2D eigenvalue weighted by Gasteiger charge is -2.18. The van der Waals surface area contributed by atoms with E-state index >= 15 is 0 Å². The molecule has 0 aliphatic carbocycles. The Hall–Kier alpha value is -1.95. The second kappa shape index (κ2) is 8.06. The third kappa shape index (κ3) is 5.03. The minimum Gasteiger partial charge on any atom is -0.488 e. The van der Waals surface area contributed by atoms with Crippen LogP contribution in [0.3, 0.4) is 0 Å². The molecule has 0 aromatic heterocycles. The van der Waals surface area contributed by atoms with Gasteiger partial charge in [0.1, 0.15) is 12.2 Å². The molecule has 6 nitrogen and oxygen atoms in total. The van der Waals surface area contributed by atoms with Crippen LogP contribution in [0.25, 0.3) is 0 Å². The minimum absolute atomic E-state index is 0.159. The Bertz CT molecular complexity index is 544. The van der Waals surface area contributed by atoms with Gasteiger partial charge >= 0.3 is 0 Å². The van der Waals surface area contributed by atoms with Crippen LogP contribution < -0.4 is 20.1 Å². The quantitative estimate of drug-likeness (QED) is 0.454. The number of nitrogens with one attached hydrogen (secondary N) is 2. The van der Waals surface area contributed by atoms with Crippen molar-refractivity contribution >= 4 is 5.96 Å². The first kappa shape index (κ1) is 17.4. The predicted octanol–water partition coefficient (Wildman–Crippen LogP) is 1.59. The summed E-state index contributed by atoms with van der Waals surface area (Å²) in [6.07, 6.45) is 0.911.